The number of carbonyl (C=O) groups excluding carboxylic acids is 1. The Labute approximate surface area is 93.2 Å². The Morgan fingerprint density at radius 3 is 2.53 bits per heavy atom. The van der Waals surface area contributed by atoms with Gasteiger partial charge < -0.3 is 10.2 Å². The van der Waals surface area contributed by atoms with Gasteiger partial charge in [0.05, 0.1) is 0 Å². The first-order chi connectivity index (χ1) is 7.09. The van der Waals surface area contributed by atoms with Crippen LogP contribution >= 0.6 is 0 Å². The number of carbonyl (C=O) groups is 1. The Kier molecular flexibility index (Phi) is 5.09. The molecule has 1 heterocycles. The van der Waals surface area contributed by atoms with E-state index in [1.54, 1.807) is 0 Å². The molecule has 0 unspecified atom stereocenters. The molecule has 0 aromatic rings. The maximum Gasteiger partial charge on any atom is 0.223 e. The predicted octanol–water partition coefficient (Wildman–Crippen LogP) is 1.49. The fourth-order valence-corrected chi connectivity index (χ4v) is 1.90. The first-order valence-electron chi connectivity index (χ1n) is 6.06. The van der Waals surface area contributed by atoms with Crippen LogP contribution in [0.5, 0.6) is 0 Å². The van der Waals surface area contributed by atoms with Crippen molar-refractivity contribution in [3.8, 4) is 0 Å². The van der Waals surface area contributed by atoms with E-state index < -0.39 is 0 Å². The molecule has 15 heavy (non-hydrogen) atoms. The second-order valence-electron chi connectivity index (χ2n) is 5.05. The van der Waals surface area contributed by atoms with Crippen LogP contribution in [0.2, 0.25) is 0 Å². The first-order valence-corrected chi connectivity index (χ1v) is 6.06. The predicted molar refractivity (Wildman–Crippen MR) is 62.7 cm³/mol. The van der Waals surface area contributed by atoms with Crippen molar-refractivity contribution in [1.29, 1.82) is 0 Å². The summed E-state index contributed by atoms with van der Waals surface area (Å²) in [6, 6.07) is 0. The highest BCUT2D eigenvalue weighted by atomic mass is 16.1. The maximum atomic E-state index is 11.8. The van der Waals surface area contributed by atoms with Gasteiger partial charge in [0.25, 0.3) is 0 Å². The van der Waals surface area contributed by atoms with Crippen molar-refractivity contribution in [2.75, 3.05) is 26.7 Å². The Morgan fingerprint density at radius 1 is 1.40 bits per heavy atom. The quantitative estimate of drug-likeness (QED) is 0.766. The summed E-state index contributed by atoms with van der Waals surface area (Å²) in [7, 11) is 2.12. The minimum absolute atomic E-state index is 0.258. The topological polar surface area (TPSA) is 32.3 Å². The van der Waals surface area contributed by atoms with Crippen molar-refractivity contribution in [2.45, 2.75) is 33.1 Å². The summed E-state index contributed by atoms with van der Waals surface area (Å²) in [5.74, 6) is 1.19. The molecule has 1 aliphatic heterocycles. The summed E-state index contributed by atoms with van der Waals surface area (Å²) in [5.41, 5.74) is 0. The summed E-state index contributed by atoms with van der Waals surface area (Å²) in [4.78, 5) is 14.0. The zero-order chi connectivity index (χ0) is 11.3. The van der Waals surface area contributed by atoms with E-state index >= 15 is 0 Å². The van der Waals surface area contributed by atoms with Crippen molar-refractivity contribution in [2.24, 2.45) is 11.8 Å². The molecular formula is C12H24N2O. The molecule has 0 bridgehead atoms. The van der Waals surface area contributed by atoms with E-state index in [-0.39, 0.29) is 11.8 Å². The third-order valence-corrected chi connectivity index (χ3v) is 3.11. The van der Waals surface area contributed by atoms with E-state index in [1.165, 1.54) is 0 Å². The standard InChI is InChI=1S/C12H24N2O/c1-10(2)4-7-13-12(15)11-5-8-14(3)9-6-11/h10-11H,4-9H2,1-3H3,(H,13,15). The van der Waals surface area contributed by atoms with Crippen LogP contribution < -0.4 is 5.32 Å². The molecule has 1 aliphatic rings. The Balaban J connectivity index is 2.17. The molecule has 1 amide bonds. The molecule has 1 N–H and O–H groups in total. The maximum absolute atomic E-state index is 11.8. The number of amides is 1. The van der Waals surface area contributed by atoms with E-state index in [1.807, 2.05) is 0 Å². The average molecular weight is 212 g/mol. The van der Waals surface area contributed by atoms with Crippen LogP contribution in [0.15, 0.2) is 0 Å². The van der Waals surface area contributed by atoms with E-state index in [2.05, 4.69) is 31.1 Å². The molecule has 0 aromatic carbocycles. The van der Waals surface area contributed by atoms with Crippen molar-refractivity contribution in [3.63, 3.8) is 0 Å². The monoisotopic (exact) mass is 212 g/mol. The normalized spacial score (nSPS) is 19.5. The third-order valence-electron chi connectivity index (χ3n) is 3.11. The number of nitrogens with zero attached hydrogens (tertiary/aromatic N) is 1. The highest BCUT2D eigenvalue weighted by molar-refractivity contribution is 5.78. The molecule has 0 atom stereocenters. The van der Waals surface area contributed by atoms with Crippen LogP contribution in [0, 0.1) is 11.8 Å². The Bertz CT molecular complexity index is 196. The minimum atomic E-state index is 0.258. The van der Waals surface area contributed by atoms with Gasteiger partial charge in [0, 0.05) is 12.5 Å². The molecule has 3 nitrogen and oxygen atoms in total. The molecule has 1 saturated heterocycles. The van der Waals surface area contributed by atoms with E-state index in [4.69, 9.17) is 0 Å². The van der Waals surface area contributed by atoms with E-state index in [0.29, 0.717) is 5.92 Å². The number of rotatable bonds is 4. The molecule has 3 heteroatoms. The Hall–Kier alpha value is -0.570. The molecule has 88 valence electrons. The summed E-state index contributed by atoms with van der Waals surface area (Å²) in [5, 5.41) is 3.04. The summed E-state index contributed by atoms with van der Waals surface area (Å²) < 4.78 is 0. The van der Waals surface area contributed by atoms with Gasteiger partial charge in [-0.25, -0.2) is 0 Å². The number of hydrogen-bond acceptors (Lipinski definition) is 2. The zero-order valence-corrected chi connectivity index (χ0v) is 10.3. The highest BCUT2D eigenvalue weighted by Gasteiger charge is 2.22. The van der Waals surface area contributed by atoms with E-state index in [9.17, 15) is 4.79 Å². The van der Waals surface area contributed by atoms with Crippen LogP contribution in [0.4, 0.5) is 0 Å². The minimum Gasteiger partial charge on any atom is -0.356 e. The molecule has 0 saturated carbocycles. The molecule has 1 fully saturated rings. The SMILES string of the molecule is CC(C)CCNC(=O)C1CCN(C)CC1. The van der Waals surface area contributed by atoms with Gasteiger partial charge in [0.15, 0.2) is 0 Å². The van der Waals surface area contributed by atoms with Gasteiger partial charge in [-0.3, -0.25) is 4.79 Å². The lowest BCUT2D eigenvalue weighted by Crippen LogP contribution is -2.39. The van der Waals surface area contributed by atoms with Crippen molar-refractivity contribution in [1.82, 2.24) is 10.2 Å². The van der Waals surface area contributed by atoms with Crippen molar-refractivity contribution in [3.05, 3.63) is 0 Å². The highest BCUT2D eigenvalue weighted by Crippen LogP contribution is 2.15. The second kappa shape index (κ2) is 6.11. The first kappa shape index (κ1) is 12.5. The molecule has 0 aliphatic carbocycles. The molecular weight excluding hydrogens is 188 g/mol. The fraction of sp³-hybridized carbons (Fsp3) is 0.917. The van der Waals surface area contributed by atoms with Gasteiger partial charge in [-0.15, -0.1) is 0 Å². The lowest BCUT2D eigenvalue weighted by molar-refractivity contribution is -0.126. The summed E-state index contributed by atoms with van der Waals surface area (Å²) in [6.45, 7) is 7.32. The number of nitrogens with one attached hydrogen (secondary N) is 1. The van der Waals surface area contributed by atoms with Crippen LogP contribution in [0.1, 0.15) is 33.1 Å². The van der Waals surface area contributed by atoms with Crippen molar-refractivity contribution < 1.29 is 4.79 Å². The van der Waals surface area contributed by atoms with Crippen LogP contribution in [-0.4, -0.2) is 37.5 Å². The van der Waals surface area contributed by atoms with Crippen LogP contribution in [0.25, 0.3) is 0 Å². The van der Waals surface area contributed by atoms with Crippen LogP contribution in [-0.2, 0) is 4.79 Å². The largest absolute Gasteiger partial charge is 0.356 e. The fourth-order valence-electron chi connectivity index (χ4n) is 1.90. The average Bonchev–Trinajstić information content (AvgIpc) is 2.18. The van der Waals surface area contributed by atoms with Crippen molar-refractivity contribution >= 4 is 5.91 Å². The molecule has 1 rings (SSSR count). The van der Waals surface area contributed by atoms with Gasteiger partial charge in [-0.2, -0.15) is 0 Å². The lowest BCUT2D eigenvalue weighted by atomic mass is 9.96. The zero-order valence-electron chi connectivity index (χ0n) is 10.3. The summed E-state index contributed by atoms with van der Waals surface area (Å²) in [6.07, 6.45) is 3.12. The second-order valence-corrected chi connectivity index (χ2v) is 5.05. The van der Waals surface area contributed by atoms with Gasteiger partial charge in [0.2, 0.25) is 5.91 Å². The Morgan fingerprint density at radius 2 is 2.00 bits per heavy atom. The molecule has 0 radical (unpaired) electrons. The lowest BCUT2D eigenvalue weighted by Gasteiger charge is -2.28. The number of likely N-dealkylation sites (tertiary alicyclic amines) is 1. The molecule has 0 aromatic heterocycles. The number of hydrogen-bond donors (Lipinski definition) is 1. The van der Waals surface area contributed by atoms with E-state index in [0.717, 1.165) is 38.9 Å². The van der Waals surface area contributed by atoms with Gasteiger partial charge in [-0.05, 0) is 45.3 Å². The number of piperidine rings is 1. The third kappa shape index (κ3) is 4.65. The van der Waals surface area contributed by atoms with Gasteiger partial charge >= 0.3 is 0 Å². The van der Waals surface area contributed by atoms with Crippen LogP contribution in [0.3, 0.4) is 0 Å². The van der Waals surface area contributed by atoms with Gasteiger partial charge in [0.1, 0.15) is 0 Å². The summed E-state index contributed by atoms with van der Waals surface area (Å²) >= 11 is 0. The molecule has 0 spiro atoms. The smallest absolute Gasteiger partial charge is 0.223 e. The van der Waals surface area contributed by atoms with Gasteiger partial charge in [-0.1, -0.05) is 13.8 Å².